The van der Waals surface area contributed by atoms with E-state index in [1.54, 1.807) is 36.4 Å². The number of nitrogens with two attached hydrogens (primary N) is 2. The summed E-state index contributed by atoms with van der Waals surface area (Å²) in [4.78, 5) is 29.9. The lowest BCUT2D eigenvalue weighted by molar-refractivity contribution is 0.0987. The first-order valence-electron chi connectivity index (χ1n) is 13.7. The SMILES string of the molecule is Clc1ccc(-c2noc(CBr)n2)cc1.NC(=O)c1cccc(O)c1F.NC(=O)c1cccc(OCc2nc(-c3ccc(Cl)cc3)no2)c1F. The number of alkyl halides is 1. The molecule has 252 valence electrons. The lowest BCUT2D eigenvalue weighted by Crippen LogP contribution is -2.13. The van der Waals surface area contributed by atoms with E-state index in [0.29, 0.717) is 32.9 Å². The molecule has 0 bridgehead atoms. The molecule has 6 aromatic rings. The molecule has 0 aliphatic rings. The molecular formula is C32H23BrCl2F2N6O6. The van der Waals surface area contributed by atoms with Gasteiger partial charge in [-0.2, -0.15) is 9.97 Å². The van der Waals surface area contributed by atoms with Gasteiger partial charge >= 0.3 is 0 Å². The number of aromatic hydroxyl groups is 1. The minimum atomic E-state index is -0.972. The number of rotatable bonds is 8. The summed E-state index contributed by atoms with van der Waals surface area (Å²) in [6.45, 7) is -0.153. The first-order valence-corrected chi connectivity index (χ1v) is 15.6. The summed E-state index contributed by atoms with van der Waals surface area (Å²) in [5, 5.41) is 18.3. The summed E-state index contributed by atoms with van der Waals surface area (Å²) in [5.41, 5.74) is 10.9. The molecule has 5 N–H and O–H groups in total. The van der Waals surface area contributed by atoms with Crippen LogP contribution in [0.2, 0.25) is 10.0 Å². The second kappa shape index (κ2) is 17.1. The third kappa shape index (κ3) is 10.1. The van der Waals surface area contributed by atoms with Crippen LogP contribution in [0.4, 0.5) is 8.78 Å². The molecule has 0 aliphatic heterocycles. The maximum absolute atomic E-state index is 14.0. The van der Waals surface area contributed by atoms with E-state index >= 15 is 0 Å². The molecule has 0 saturated heterocycles. The summed E-state index contributed by atoms with van der Waals surface area (Å²) in [6, 6.07) is 22.0. The molecule has 2 heterocycles. The van der Waals surface area contributed by atoms with Gasteiger partial charge < -0.3 is 30.4 Å². The number of benzene rings is 4. The Morgan fingerprint density at radius 2 is 1.20 bits per heavy atom. The molecular weight excluding hydrogens is 753 g/mol. The standard InChI is InChI=1S/C16H11ClFN3O3.C9H6BrClN2O.C7H6FNO2/c17-10-6-4-9(5-7-10)16-20-13(24-21-16)8-23-12-3-1-2-11(14(12)18)15(19)22;10-5-8-12-9(13-14-8)6-1-3-7(11)4-2-6;8-6-4(7(9)11)2-1-3-5(6)10/h1-7H,8H2,(H2,19,22);1-4H,5H2;1-3,10H,(H2,9,11). The van der Waals surface area contributed by atoms with E-state index in [2.05, 4.69) is 36.2 Å². The molecule has 0 unspecified atom stereocenters. The van der Waals surface area contributed by atoms with Crippen molar-refractivity contribution < 1.29 is 37.3 Å². The second-order valence-corrected chi connectivity index (χ2v) is 10.9. The van der Waals surface area contributed by atoms with Crippen LogP contribution in [0.15, 0.2) is 94.0 Å². The van der Waals surface area contributed by atoms with Crippen molar-refractivity contribution in [3.05, 3.63) is 130 Å². The van der Waals surface area contributed by atoms with Crippen LogP contribution in [0.1, 0.15) is 32.5 Å². The van der Waals surface area contributed by atoms with Crippen LogP contribution in [0.5, 0.6) is 11.5 Å². The lowest BCUT2D eigenvalue weighted by Gasteiger charge is -2.06. The van der Waals surface area contributed by atoms with Crippen molar-refractivity contribution in [1.29, 1.82) is 0 Å². The van der Waals surface area contributed by atoms with Gasteiger partial charge in [0.05, 0.1) is 16.5 Å². The molecule has 2 amide bonds. The second-order valence-electron chi connectivity index (χ2n) is 9.44. The van der Waals surface area contributed by atoms with Gasteiger partial charge in [-0.05, 0) is 72.8 Å². The summed E-state index contributed by atoms with van der Waals surface area (Å²) in [6.07, 6.45) is 0. The molecule has 6 rings (SSSR count). The van der Waals surface area contributed by atoms with Crippen molar-refractivity contribution in [2.75, 3.05) is 0 Å². The fraction of sp³-hybridized carbons (Fsp3) is 0.0625. The molecule has 49 heavy (non-hydrogen) atoms. The predicted molar refractivity (Wildman–Crippen MR) is 178 cm³/mol. The van der Waals surface area contributed by atoms with Crippen molar-refractivity contribution >= 4 is 50.9 Å². The molecule has 12 nitrogen and oxygen atoms in total. The fourth-order valence-electron chi connectivity index (χ4n) is 3.72. The van der Waals surface area contributed by atoms with E-state index in [-0.39, 0.29) is 29.4 Å². The van der Waals surface area contributed by atoms with Crippen LogP contribution in [-0.2, 0) is 11.9 Å². The zero-order chi connectivity index (χ0) is 35.5. The number of ether oxygens (including phenoxy) is 1. The Labute approximate surface area is 294 Å². The number of carbonyl (C=O) groups is 2. The van der Waals surface area contributed by atoms with Crippen LogP contribution in [0.25, 0.3) is 22.8 Å². The molecule has 0 atom stereocenters. The Morgan fingerprint density at radius 3 is 1.67 bits per heavy atom. The van der Waals surface area contributed by atoms with E-state index in [1.807, 2.05) is 12.1 Å². The van der Waals surface area contributed by atoms with Crippen LogP contribution in [0, 0.1) is 11.6 Å². The van der Waals surface area contributed by atoms with Crippen LogP contribution >= 0.6 is 39.1 Å². The Hall–Kier alpha value is -5.38. The largest absolute Gasteiger partial charge is 0.505 e. The lowest BCUT2D eigenvalue weighted by atomic mass is 10.2. The Balaban J connectivity index is 0.000000183. The highest BCUT2D eigenvalue weighted by Crippen LogP contribution is 2.23. The van der Waals surface area contributed by atoms with Crippen LogP contribution in [0.3, 0.4) is 0 Å². The van der Waals surface area contributed by atoms with E-state index in [1.165, 1.54) is 30.3 Å². The molecule has 0 radical (unpaired) electrons. The smallest absolute Gasteiger partial charge is 0.264 e. The zero-order valence-corrected chi connectivity index (χ0v) is 27.9. The minimum Gasteiger partial charge on any atom is -0.505 e. The van der Waals surface area contributed by atoms with Crippen molar-refractivity contribution in [3.63, 3.8) is 0 Å². The number of phenols is 1. The van der Waals surface area contributed by atoms with E-state index in [9.17, 15) is 18.4 Å². The molecule has 2 aromatic heterocycles. The number of primary amides is 2. The van der Waals surface area contributed by atoms with Gasteiger partial charge in [-0.25, -0.2) is 8.78 Å². The number of halogens is 5. The molecule has 0 fully saturated rings. The first-order chi connectivity index (χ1) is 23.5. The molecule has 0 spiro atoms. The summed E-state index contributed by atoms with van der Waals surface area (Å²) in [7, 11) is 0. The number of phenolic OH excluding ortho intramolecular Hbond substituents is 1. The number of aromatic nitrogens is 4. The molecule has 0 saturated carbocycles. The summed E-state index contributed by atoms with van der Waals surface area (Å²) in [5.74, 6) is -2.60. The third-order valence-corrected chi connectivity index (χ3v) is 7.06. The number of hydrogen-bond acceptors (Lipinski definition) is 10. The van der Waals surface area contributed by atoms with Crippen LogP contribution < -0.4 is 16.2 Å². The van der Waals surface area contributed by atoms with Gasteiger partial charge in [0.2, 0.25) is 17.5 Å². The first kappa shape index (κ1) is 36.5. The zero-order valence-electron chi connectivity index (χ0n) is 24.8. The highest BCUT2D eigenvalue weighted by Gasteiger charge is 2.15. The maximum Gasteiger partial charge on any atom is 0.264 e. The number of amides is 2. The van der Waals surface area contributed by atoms with E-state index in [4.69, 9.17) is 53.6 Å². The van der Waals surface area contributed by atoms with Gasteiger partial charge in [0.1, 0.15) is 0 Å². The quantitative estimate of drug-likeness (QED) is 0.134. The number of nitrogens with zero attached hydrogens (tertiary/aromatic N) is 4. The summed E-state index contributed by atoms with van der Waals surface area (Å²) >= 11 is 14.8. The van der Waals surface area contributed by atoms with Crippen molar-refractivity contribution in [2.24, 2.45) is 11.5 Å². The van der Waals surface area contributed by atoms with Crippen molar-refractivity contribution in [1.82, 2.24) is 20.3 Å². The van der Waals surface area contributed by atoms with Crippen molar-refractivity contribution in [3.8, 4) is 34.3 Å². The van der Waals surface area contributed by atoms with Gasteiger partial charge in [0, 0.05) is 21.2 Å². The molecule has 4 aromatic carbocycles. The Morgan fingerprint density at radius 1 is 0.735 bits per heavy atom. The average molecular weight is 776 g/mol. The number of hydrogen-bond donors (Lipinski definition) is 3. The normalized spacial score (nSPS) is 10.3. The Kier molecular flexibility index (Phi) is 12.8. The van der Waals surface area contributed by atoms with Gasteiger partial charge in [0.25, 0.3) is 17.7 Å². The number of carbonyl (C=O) groups excluding carboxylic acids is 2. The average Bonchev–Trinajstić information content (AvgIpc) is 3.77. The summed E-state index contributed by atoms with van der Waals surface area (Å²) < 4.78 is 42.0. The van der Waals surface area contributed by atoms with E-state index in [0.717, 1.165) is 17.2 Å². The molecule has 0 aliphatic carbocycles. The van der Waals surface area contributed by atoms with E-state index < -0.39 is 29.2 Å². The monoisotopic (exact) mass is 774 g/mol. The predicted octanol–water partition coefficient (Wildman–Crippen LogP) is 7.12. The van der Waals surface area contributed by atoms with Crippen molar-refractivity contribution in [2.45, 2.75) is 11.9 Å². The van der Waals surface area contributed by atoms with Gasteiger partial charge in [-0.3, -0.25) is 9.59 Å². The van der Waals surface area contributed by atoms with Gasteiger partial charge in [-0.15, -0.1) is 0 Å². The van der Waals surface area contributed by atoms with Gasteiger partial charge in [0.15, 0.2) is 29.7 Å². The fourth-order valence-corrected chi connectivity index (χ4v) is 4.20. The maximum atomic E-state index is 14.0. The highest BCUT2D eigenvalue weighted by atomic mass is 79.9. The molecule has 17 heteroatoms. The van der Waals surface area contributed by atoms with Crippen LogP contribution in [-0.4, -0.2) is 37.2 Å². The Bertz CT molecular complexity index is 2050. The van der Waals surface area contributed by atoms with Gasteiger partial charge in [-0.1, -0.05) is 61.6 Å². The topological polar surface area (TPSA) is 193 Å². The third-order valence-electron chi connectivity index (χ3n) is 6.08. The minimum absolute atomic E-state index is 0.127. The highest BCUT2D eigenvalue weighted by molar-refractivity contribution is 9.08.